The molecular weight excluding hydrogens is 360 g/mol. The van der Waals surface area contributed by atoms with Gasteiger partial charge in [-0.1, -0.05) is 32.0 Å². The maximum atomic E-state index is 12.9. The van der Waals surface area contributed by atoms with Crippen LogP contribution >= 0.6 is 0 Å². The molecule has 0 unspecified atom stereocenters. The van der Waals surface area contributed by atoms with Crippen LogP contribution in [0.4, 0.5) is 0 Å². The summed E-state index contributed by atoms with van der Waals surface area (Å²) in [6, 6.07) is 11.5. The molecule has 5 nitrogen and oxygen atoms in total. The van der Waals surface area contributed by atoms with Gasteiger partial charge in [-0.15, -0.1) is 0 Å². The molecule has 6 heteroatoms. The molecule has 0 bridgehead atoms. The van der Waals surface area contributed by atoms with Crippen LogP contribution in [0.2, 0.25) is 0 Å². The van der Waals surface area contributed by atoms with Gasteiger partial charge < -0.3 is 9.72 Å². The van der Waals surface area contributed by atoms with Gasteiger partial charge >= 0.3 is 0 Å². The van der Waals surface area contributed by atoms with Crippen molar-refractivity contribution < 1.29 is 13.2 Å². The topological polar surface area (TPSA) is 71.2 Å². The third-order valence-electron chi connectivity index (χ3n) is 5.00. The monoisotopic (exact) mass is 386 g/mol. The van der Waals surface area contributed by atoms with Gasteiger partial charge in [0.2, 0.25) is 10.0 Å². The number of methoxy groups -OCH3 is 1. The van der Waals surface area contributed by atoms with Crippen molar-refractivity contribution >= 4 is 20.9 Å². The number of sulfonamides is 1. The summed E-state index contributed by atoms with van der Waals surface area (Å²) in [5.74, 6) is 0.686. The number of H-pyrrole nitrogens is 1. The van der Waals surface area contributed by atoms with Crippen molar-refractivity contribution in [2.24, 2.45) is 0 Å². The average molecular weight is 387 g/mol. The van der Waals surface area contributed by atoms with Gasteiger partial charge in [0.1, 0.15) is 5.75 Å². The van der Waals surface area contributed by atoms with Crippen LogP contribution in [-0.2, 0) is 15.4 Å². The SMILES string of the molecule is COc1cc(C)c(S(=O)(=O)NCC(C)(C)c2c[nH]c3ccccc23)cc1C. The summed E-state index contributed by atoms with van der Waals surface area (Å²) in [6.07, 6.45) is 1.96. The van der Waals surface area contributed by atoms with Crippen LogP contribution in [0.5, 0.6) is 5.75 Å². The Bertz CT molecular complexity index is 1080. The molecule has 1 aromatic heterocycles. The first-order valence-electron chi connectivity index (χ1n) is 8.87. The van der Waals surface area contributed by atoms with Crippen molar-refractivity contribution in [1.82, 2.24) is 9.71 Å². The standard InChI is InChI=1S/C21H26N2O3S/c1-14-11-20(15(2)10-19(14)26-5)27(24,25)23-13-21(3,4)17-12-22-18-9-7-6-8-16(17)18/h6-12,22-23H,13H2,1-5H3. The Morgan fingerprint density at radius 3 is 2.52 bits per heavy atom. The molecule has 27 heavy (non-hydrogen) atoms. The first-order chi connectivity index (χ1) is 12.7. The van der Waals surface area contributed by atoms with Gasteiger partial charge in [0.25, 0.3) is 0 Å². The lowest BCUT2D eigenvalue weighted by atomic mass is 9.85. The summed E-state index contributed by atoms with van der Waals surface area (Å²) in [4.78, 5) is 3.55. The molecule has 3 aromatic rings. The van der Waals surface area contributed by atoms with Crippen LogP contribution in [0.1, 0.15) is 30.5 Å². The Morgan fingerprint density at radius 2 is 1.81 bits per heavy atom. The van der Waals surface area contributed by atoms with Crippen molar-refractivity contribution in [1.29, 1.82) is 0 Å². The van der Waals surface area contributed by atoms with Crippen LogP contribution in [0, 0.1) is 13.8 Å². The second kappa shape index (κ2) is 7.02. The molecule has 0 radical (unpaired) electrons. The first kappa shape index (κ1) is 19.5. The number of ether oxygens (including phenoxy) is 1. The van der Waals surface area contributed by atoms with Gasteiger partial charge in [-0.25, -0.2) is 13.1 Å². The molecule has 0 spiro atoms. The van der Waals surface area contributed by atoms with Gasteiger partial charge in [0.05, 0.1) is 12.0 Å². The van der Waals surface area contributed by atoms with Gasteiger partial charge in [-0.3, -0.25) is 0 Å². The van der Waals surface area contributed by atoms with E-state index in [2.05, 4.69) is 9.71 Å². The third-order valence-corrected chi connectivity index (χ3v) is 6.55. The smallest absolute Gasteiger partial charge is 0.240 e. The van der Waals surface area contributed by atoms with Crippen LogP contribution in [0.3, 0.4) is 0 Å². The van der Waals surface area contributed by atoms with E-state index >= 15 is 0 Å². The van der Waals surface area contributed by atoms with E-state index in [0.717, 1.165) is 22.0 Å². The van der Waals surface area contributed by atoms with Gasteiger partial charge in [0, 0.05) is 29.1 Å². The van der Waals surface area contributed by atoms with Crippen LogP contribution < -0.4 is 9.46 Å². The van der Waals surface area contributed by atoms with E-state index in [9.17, 15) is 8.42 Å². The fourth-order valence-corrected chi connectivity index (χ4v) is 4.87. The Kier molecular flexibility index (Phi) is 5.06. The van der Waals surface area contributed by atoms with Crippen LogP contribution in [-0.4, -0.2) is 27.1 Å². The number of aromatic nitrogens is 1. The lowest BCUT2D eigenvalue weighted by molar-refractivity contribution is 0.411. The quantitative estimate of drug-likeness (QED) is 0.671. The number of rotatable bonds is 6. The zero-order valence-electron chi connectivity index (χ0n) is 16.4. The molecule has 144 valence electrons. The second-order valence-electron chi connectivity index (χ2n) is 7.54. The summed E-state index contributed by atoms with van der Waals surface area (Å²) in [7, 11) is -2.05. The summed E-state index contributed by atoms with van der Waals surface area (Å²) in [6.45, 7) is 7.99. The summed E-state index contributed by atoms with van der Waals surface area (Å²) < 4.78 is 33.9. The zero-order chi connectivity index (χ0) is 19.8. The summed E-state index contributed by atoms with van der Waals surface area (Å²) in [5, 5.41) is 1.11. The number of para-hydroxylation sites is 1. The highest BCUT2D eigenvalue weighted by Gasteiger charge is 2.27. The van der Waals surface area contributed by atoms with Crippen molar-refractivity contribution in [2.75, 3.05) is 13.7 Å². The van der Waals surface area contributed by atoms with E-state index in [4.69, 9.17) is 4.74 Å². The van der Waals surface area contributed by atoms with Gasteiger partial charge in [-0.2, -0.15) is 0 Å². The molecule has 2 aromatic carbocycles. The lowest BCUT2D eigenvalue weighted by Gasteiger charge is -2.25. The Hall–Kier alpha value is -2.31. The molecule has 0 aliphatic heterocycles. The van der Waals surface area contributed by atoms with Crippen LogP contribution in [0.25, 0.3) is 10.9 Å². The molecule has 3 rings (SSSR count). The van der Waals surface area contributed by atoms with E-state index in [1.54, 1.807) is 26.2 Å². The largest absolute Gasteiger partial charge is 0.496 e. The molecular formula is C21H26N2O3S. The van der Waals surface area contributed by atoms with E-state index < -0.39 is 10.0 Å². The Labute approximate surface area is 160 Å². The number of benzene rings is 2. The molecule has 0 fully saturated rings. The third kappa shape index (κ3) is 3.73. The molecule has 0 atom stereocenters. The van der Waals surface area contributed by atoms with Crippen molar-refractivity contribution in [3.8, 4) is 5.75 Å². The number of nitrogens with one attached hydrogen (secondary N) is 2. The fraction of sp³-hybridized carbons (Fsp3) is 0.333. The van der Waals surface area contributed by atoms with E-state index in [-0.39, 0.29) is 10.3 Å². The summed E-state index contributed by atoms with van der Waals surface area (Å²) in [5.41, 5.74) is 3.21. The molecule has 1 heterocycles. The minimum absolute atomic E-state index is 0.288. The van der Waals surface area contributed by atoms with E-state index in [0.29, 0.717) is 17.9 Å². The van der Waals surface area contributed by atoms with Crippen molar-refractivity contribution in [3.63, 3.8) is 0 Å². The molecule has 0 aliphatic carbocycles. The molecule has 0 saturated heterocycles. The Balaban J connectivity index is 1.88. The van der Waals surface area contributed by atoms with Crippen molar-refractivity contribution in [3.05, 3.63) is 59.3 Å². The first-order valence-corrected chi connectivity index (χ1v) is 10.4. The number of aryl methyl sites for hydroxylation is 2. The number of hydrogen-bond donors (Lipinski definition) is 2. The maximum absolute atomic E-state index is 12.9. The number of fused-ring (bicyclic) bond motifs is 1. The zero-order valence-corrected chi connectivity index (χ0v) is 17.2. The highest BCUT2D eigenvalue weighted by atomic mass is 32.2. The minimum Gasteiger partial charge on any atom is -0.496 e. The minimum atomic E-state index is -3.63. The molecule has 0 aliphatic rings. The Morgan fingerprint density at radius 1 is 1.11 bits per heavy atom. The van der Waals surface area contributed by atoms with Crippen LogP contribution in [0.15, 0.2) is 47.5 Å². The number of aromatic amines is 1. The predicted octanol–water partition coefficient (Wildman–Crippen LogP) is 4.05. The van der Waals surface area contributed by atoms with Crippen molar-refractivity contribution in [2.45, 2.75) is 38.0 Å². The highest BCUT2D eigenvalue weighted by Crippen LogP contribution is 2.31. The van der Waals surface area contributed by atoms with Gasteiger partial charge in [-0.05, 0) is 48.7 Å². The molecule has 2 N–H and O–H groups in total. The number of hydrogen-bond acceptors (Lipinski definition) is 3. The van der Waals surface area contributed by atoms with Gasteiger partial charge in [0.15, 0.2) is 0 Å². The summed E-state index contributed by atoms with van der Waals surface area (Å²) >= 11 is 0. The average Bonchev–Trinajstić information content (AvgIpc) is 3.07. The molecule has 0 saturated carbocycles. The predicted molar refractivity (Wildman–Crippen MR) is 109 cm³/mol. The molecule has 0 amide bonds. The van der Waals surface area contributed by atoms with E-state index in [1.807, 2.05) is 51.2 Å². The lowest BCUT2D eigenvalue weighted by Crippen LogP contribution is -2.36. The fourth-order valence-electron chi connectivity index (χ4n) is 3.35. The maximum Gasteiger partial charge on any atom is 0.240 e. The van der Waals surface area contributed by atoms with E-state index in [1.165, 1.54) is 0 Å². The highest BCUT2D eigenvalue weighted by molar-refractivity contribution is 7.89. The normalized spacial score (nSPS) is 12.5. The second-order valence-corrected chi connectivity index (χ2v) is 9.28.